The maximum absolute atomic E-state index is 11.7. The number of hydrogen-bond donors (Lipinski definition) is 4. The molecule has 0 spiro atoms. The Morgan fingerprint density at radius 2 is 1.64 bits per heavy atom. The number of hydrogen-bond acceptors (Lipinski definition) is 6. The van der Waals surface area contributed by atoms with E-state index in [4.69, 9.17) is 4.74 Å². The first kappa shape index (κ1) is 24.5. The summed E-state index contributed by atoms with van der Waals surface area (Å²) in [5, 5.41) is 44.5. The Morgan fingerprint density at radius 3 is 2.39 bits per heavy atom. The molecule has 3 unspecified atom stereocenters. The number of aliphatic hydroxyl groups is 4. The largest absolute Gasteiger partial charge is 0.390 e. The van der Waals surface area contributed by atoms with Crippen molar-refractivity contribution in [2.24, 2.45) is 23.2 Å². The zero-order valence-electron chi connectivity index (χ0n) is 20.8. The van der Waals surface area contributed by atoms with Gasteiger partial charge in [-0.1, -0.05) is 19.8 Å². The maximum Gasteiger partial charge on any atom is 0.134 e. The van der Waals surface area contributed by atoms with Crippen molar-refractivity contribution in [3.8, 4) is 0 Å². The second kappa shape index (κ2) is 9.01. The fraction of sp³-hybridized carbons (Fsp3) is 1.00. The van der Waals surface area contributed by atoms with Crippen LogP contribution in [0.2, 0.25) is 0 Å². The number of likely N-dealkylation sites (tertiary alicyclic amines) is 1. The molecule has 2 saturated heterocycles. The predicted molar refractivity (Wildman–Crippen MR) is 126 cm³/mol. The summed E-state index contributed by atoms with van der Waals surface area (Å²) in [5.41, 5.74) is -1.63. The first-order chi connectivity index (χ1) is 15.7. The minimum Gasteiger partial charge on any atom is -0.390 e. The van der Waals surface area contributed by atoms with Crippen LogP contribution >= 0.6 is 0 Å². The van der Waals surface area contributed by atoms with Crippen molar-refractivity contribution in [1.82, 2.24) is 4.90 Å². The van der Waals surface area contributed by atoms with Gasteiger partial charge in [0.25, 0.3) is 0 Å². The van der Waals surface area contributed by atoms with Gasteiger partial charge >= 0.3 is 0 Å². The molecule has 4 N–H and O–H groups in total. The lowest BCUT2D eigenvalue weighted by Crippen LogP contribution is -2.71. The van der Waals surface area contributed by atoms with Gasteiger partial charge < -0.3 is 25.2 Å². The fourth-order valence-corrected chi connectivity index (χ4v) is 9.18. The van der Waals surface area contributed by atoms with Crippen LogP contribution in [0.4, 0.5) is 0 Å². The van der Waals surface area contributed by atoms with Gasteiger partial charge in [0.2, 0.25) is 0 Å². The molecule has 33 heavy (non-hydrogen) atoms. The quantitative estimate of drug-likeness (QED) is 0.501. The van der Waals surface area contributed by atoms with Gasteiger partial charge in [0.15, 0.2) is 0 Å². The van der Waals surface area contributed by atoms with Gasteiger partial charge in [-0.25, -0.2) is 0 Å². The Morgan fingerprint density at radius 1 is 0.848 bits per heavy atom. The highest BCUT2D eigenvalue weighted by molar-refractivity contribution is 5.17. The predicted octanol–water partition coefficient (Wildman–Crippen LogP) is 3.20. The fourth-order valence-electron chi connectivity index (χ4n) is 9.18. The standard InChI is InChI=1S/C27H47NO5/c1-25-13-12-21(29)23(30)27(25,32)15-10-18-19(25)11-14-26(2)20(18)8-4-3-6-16-28(26)24(31)22-9-5-7-17-33-22/h18-24,29-32H,3-17H2,1-2H3/t18?,19?,20-,21-,22+,23-,24?,25+,26-,27+/m0/s1. The summed E-state index contributed by atoms with van der Waals surface area (Å²) in [6.45, 7) is 6.27. The molecule has 3 aliphatic carbocycles. The molecule has 3 saturated carbocycles. The SMILES string of the molecule is C[C@]12CCC3C(CC[C@@]4(O)[C@@H](O)[C@@H](O)CC[C@]34C)[C@@H]1CCCCCN2C(O)[C@H]1CCCCO1. The number of ether oxygens (including phenoxy) is 1. The number of rotatable bonds is 2. The molecular weight excluding hydrogens is 418 g/mol. The number of aliphatic hydroxyl groups excluding tert-OH is 3. The van der Waals surface area contributed by atoms with E-state index in [1.165, 1.54) is 19.3 Å². The molecule has 5 aliphatic rings. The maximum atomic E-state index is 11.7. The summed E-state index contributed by atoms with van der Waals surface area (Å²) in [7, 11) is 0. The molecule has 6 nitrogen and oxygen atoms in total. The van der Waals surface area contributed by atoms with Gasteiger partial charge in [-0.2, -0.15) is 0 Å². The van der Waals surface area contributed by atoms with E-state index in [2.05, 4.69) is 18.7 Å². The van der Waals surface area contributed by atoms with Crippen LogP contribution in [0.1, 0.15) is 97.3 Å². The molecule has 5 rings (SSSR count). The molecule has 6 heteroatoms. The summed E-state index contributed by atoms with van der Waals surface area (Å²) < 4.78 is 6.04. The Kier molecular flexibility index (Phi) is 6.67. The van der Waals surface area contributed by atoms with Crippen LogP contribution in [0.15, 0.2) is 0 Å². The third-order valence-electron chi connectivity index (χ3n) is 11.2. The minimum atomic E-state index is -1.20. The van der Waals surface area contributed by atoms with Crippen LogP contribution in [0, 0.1) is 23.2 Å². The van der Waals surface area contributed by atoms with E-state index in [0.717, 1.165) is 64.5 Å². The molecule has 0 radical (unpaired) electrons. The van der Waals surface area contributed by atoms with Crippen LogP contribution in [0.3, 0.4) is 0 Å². The van der Waals surface area contributed by atoms with Crippen LogP contribution in [0.25, 0.3) is 0 Å². The molecule has 0 bridgehead atoms. The normalized spacial score (nSPS) is 52.5. The summed E-state index contributed by atoms with van der Waals surface area (Å²) in [6, 6.07) is 0. The monoisotopic (exact) mass is 465 g/mol. The van der Waals surface area contributed by atoms with Gasteiger partial charge in [-0.3, -0.25) is 4.90 Å². The van der Waals surface area contributed by atoms with Crippen LogP contribution in [0.5, 0.6) is 0 Å². The van der Waals surface area contributed by atoms with Crippen LogP contribution in [-0.4, -0.2) is 74.2 Å². The van der Waals surface area contributed by atoms with Crippen molar-refractivity contribution in [3.05, 3.63) is 0 Å². The van der Waals surface area contributed by atoms with E-state index in [0.29, 0.717) is 30.6 Å². The molecule has 0 aromatic rings. The van der Waals surface area contributed by atoms with E-state index < -0.39 is 24.0 Å². The van der Waals surface area contributed by atoms with Gasteiger partial charge in [-0.15, -0.1) is 0 Å². The lowest BCUT2D eigenvalue weighted by atomic mass is 9.43. The second-order valence-corrected chi connectivity index (χ2v) is 12.6. The Hall–Kier alpha value is -0.240. The van der Waals surface area contributed by atoms with Crippen molar-refractivity contribution >= 4 is 0 Å². The minimum absolute atomic E-state index is 0.0690. The van der Waals surface area contributed by atoms with Gasteiger partial charge in [0, 0.05) is 24.1 Å². The van der Waals surface area contributed by atoms with E-state index in [9.17, 15) is 20.4 Å². The van der Waals surface area contributed by atoms with Crippen LogP contribution < -0.4 is 0 Å². The number of nitrogens with zero attached hydrogens (tertiary/aromatic N) is 1. The van der Waals surface area contributed by atoms with Gasteiger partial charge in [0.05, 0.1) is 17.8 Å². The van der Waals surface area contributed by atoms with Crippen molar-refractivity contribution in [3.63, 3.8) is 0 Å². The molecule has 190 valence electrons. The Bertz CT molecular complexity index is 700. The van der Waals surface area contributed by atoms with Crippen molar-refractivity contribution in [1.29, 1.82) is 0 Å². The second-order valence-electron chi connectivity index (χ2n) is 12.6. The van der Waals surface area contributed by atoms with Gasteiger partial charge in [-0.05, 0) is 95.3 Å². The zero-order valence-corrected chi connectivity index (χ0v) is 20.8. The average molecular weight is 466 g/mol. The molecule has 0 aromatic heterocycles. The molecule has 10 atom stereocenters. The Labute approximate surface area is 199 Å². The molecule has 5 fully saturated rings. The highest BCUT2D eigenvalue weighted by Gasteiger charge is 2.66. The third-order valence-corrected chi connectivity index (χ3v) is 11.2. The highest BCUT2D eigenvalue weighted by Crippen LogP contribution is 2.64. The van der Waals surface area contributed by atoms with E-state index in [1.54, 1.807) is 0 Å². The zero-order chi connectivity index (χ0) is 23.4. The van der Waals surface area contributed by atoms with E-state index in [1.807, 2.05) is 0 Å². The molecule has 0 amide bonds. The Balaban J connectivity index is 1.45. The van der Waals surface area contributed by atoms with Crippen molar-refractivity contribution < 1.29 is 25.2 Å². The average Bonchev–Trinajstić information content (AvgIpc) is 2.80. The smallest absolute Gasteiger partial charge is 0.134 e. The van der Waals surface area contributed by atoms with Crippen molar-refractivity contribution in [2.45, 2.75) is 133 Å². The van der Waals surface area contributed by atoms with E-state index >= 15 is 0 Å². The summed E-state index contributed by atoms with van der Waals surface area (Å²) in [6.07, 6.45) is 10.2. The first-order valence-corrected chi connectivity index (χ1v) is 13.9. The summed E-state index contributed by atoms with van der Waals surface area (Å²) >= 11 is 0. The molecule has 2 heterocycles. The third kappa shape index (κ3) is 3.74. The first-order valence-electron chi connectivity index (χ1n) is 13.9. The summed E-state index contributed by atoms with van der Waals surface area (Å²) in [4.78, 5) is 2.42. The molecular formula is C27H47NO5. The lowest BCUT2D eigenvalue weighted by Gasteiger charge is -2.67. The number of fused-ring (bicyclic) bond motifs is 5. The molecule has 2 aliphatic heterocycles. The van der Waals surface area contributed by atoms with Crippen LogP contribution in [-0.2, 0) is 4.74 Å². The topological polar surface area (TPSA) is 93.4 Å². The van der Waals surface area contributed by atoms with Gasteiger partial charge in [0.1, 0.15) is 12.3 Å². The highest BCUT2D eigenvalue weighted by atomic mass is 16.5. The molecule has 0 aromatic carbocycles. The van der Waals surface area contributed by atoms with E-state index in [-0.39, 0.29) is 17.1 Å². The van der Waals surface area contributed by atoms with Crippen molar-refractivity contribution in [2.75, 3.05) is 13.2 Å². The summed E-state index contributed by atoms with van der Waals surface area (Å²) in [5.74, 6) is 1.30. The lowest BCUT2D eigenvalue weighted by molar-refractivity contribution is -0.273.